The van der Waals surface area contributed by atoms with Crippen molar-refractivity contribution in [2.75, 3.05) is 0 Å². The van der Waals surface area contributed by atoms with Gasteiger partial charge in [0, 0.05) is 4.75 Å². The van der Waals surface area contributed by atoms with Crippen LogP contribution in [0.4, 0.5) is 0 Å². The van der Waals surface area contributed by atoms with Crippen molar-refractivity contribution < 1.29 is 8.76 Å². The van der Waals surface area contributed by atoms with Crippen molar-refractivity contribution in [3.05, 3.63) is 0 Å². The van der Waals surface area contributed by atoms with Crippen LogP contribution in [0.5, 0.6) is 0 Å². The monoisotopic (exact) mass is 137 g/mol. The molecule has 0 aromatic heterocycles. The Labute approximate surface area is 53.6 Å². The van der Waals surface area contributed by atoms with Crippen LogP contribution < -0.4 is 0 Å². The second-order valence-electron chi connectivity index (χ2n) is 2.35. The summed E-state index contributed by atoms with van der Waals surface area (Å²) in [6, 6.07) is 0. The standard InChI is InChI=1S/C4H10O2S.CH4/c1-4(2,3)7(5)6;/h1-3H3,(H,5,6);1H4/p-1. The van der Waals surface area contributed by atoms with E-state index >= 15 is 0 Å². The van der Waals surface area contributed by atoms with Crippen LogP contribution in [0.25, 0.3) is 0 Å². The van der Waals surface area contributed by atoms with E-state index in [9.17, 15) is 8.76 Å². The van der Waals surface area contributed by atoms with Crippen molar-refractivity contribution >= 4 is 11.1 Å². The lowest BCUT2D eigenvalue weighted by atomic mass is 10.3. The Morgan fingerprint density at radius 3 is 1.50 bits per heavy atom. The van der Waals surface area contributed by atoms with Gasteiger partial charge in [-0.2, -0.15) is 0 Å². The van der Waals surface area contributed by atoms with Crippen molar-refractivity contribution in [2.24, 2.45) is 0 Å². The third kappa shape index (κ3) is 4.27. The summed E-state index contributed by atoms with van der Waals surface area (Å²) < 4.78 is 19.5. The summed E-state index contributed by atoms with van der Waals surface area (Å²) in [5.41, 5.74) is 0. The van der Waals surface area contributed by atoms with Gasteiger partial charge in [-0.1, -0.05) is 7.43 Å². The highest BCUT2D eigenvalue weighted by Gasteiger charge is 2.08. The largest absolute Gasteiger partial charge is 0.772 e. The van der Waals surface area contributed by atoms with Gasteiger partial charge in [-0.3, -0.25) is 4.21 Å². The number of hydrogen-bond donors (Lipinski definition) is 0. The molecule has 0 amide bonds. The quantitative estimate of drug-likeness (QED) is 0.472. The summed E-state index contributed by atoms with van der Waals surface area (Å²) in [5, 5.41) is 0. The minimum absolute atomic E-state index is 0. The van der Waals surface area contributed by atoms with Gasteiger partial charge in [0.1, 0.15) is 0 Å². The van der Waals surface area contributed by atoms with Crippen molar-refractivity contribution in [1.29, 1.82) is 0 Å². The predicted molar refractivity (Wildman–Crippen MR) is 35.4 cm³/mol. The molecule has 1 unspecified atom stereocenters. The van der Waals surface area contributed by atoms with Crippen LogP contribution in [-0.4, -0.2) is 13.5 Å². The molecule has 0 aliphatic carbocycles. The van der Waals surface area contributed by atoms with Gasteiger partial charge in [-0.15, -0.1) is 0 Å². The molecule has 0 spiro atoms. The first-order valence-electron chi connectivity index (χ1n) is 2.04. The van der Waals surface area contributed by atoms with Crippen LogP contribution in [0.1, 0.15) is 28.2 Å². The first-order chi connectivity index (χ1) is 2.94. The second kappa shape index (κ2) is 3.20. The topological polar surface area (TPSA) is 40.1 Å². The Hall–Kier alpha value is 0.110. The lowest BCUT2D eigenvalue weighted by Gasteiger charge is -2.20. The molecule has 0 saturated heterocycles. The van der Waals surface area contributed by atoms with E-state index < -0.39 is 15.8 Å². The lowest BCUT2D eigenvalue weighted by Crippen LogP contribution is -2.20. The molecule has 2 nitrogen and oxygen atoms in total. The van der Waals surface area contributed by atoms with Crippen molar-refractivity contribution in [3.8, 4) is 0 Å². The molecule has 0 fully saturated rings. The fourth-order valence-electron chi connectivity index (χ4n) is 0. The maximum absolute atomic E-state index is 10.0. The SMILES string of the molecule is C.CC(C)(C)S(=O)[O-]. The minimum Gasteiger partial charge on any atom is -0.772 e. The maximum atomic E-state index is 10.0. The Morgan fingerprint density at radius 1 is 1.38 bits per heavy atom. The van der Waals surface area contributed by atoms with E-state index in [1.165, 1.54) is 0 Å². The van der Waals surface area contributed by atoms with Crippen molar-refractivity contribution in [1.82, 2.24) is 0 Å². The van der Waals surface area contributed by atoms with Gasteiger partial charge in [0.25, 0.3) is 0 Å². The molecule has 0 saturated carbocycles. The van der Waals surface area contributed by atoms with Gasteiger partial charge in [-0.05, 0) is 31.9 Å². The van der Waals surface area contributed by atoms with Gasteiger partial charge in [-0.25, -0.2) is 0 Å². The molecule has 8 heavy (non-hydrogen) atoms. The number of rotatable bonds is 0. The van der Waals surface area contributed by atoms with E-state index in [1.807, 2.05) is 0 Å². The van der Waals surface area contributed by atoms with E-state index in [-0.39, 0.29) is 7.43 Å². The summed E-state index contributed by atoms with van der Waals surface area (Å²) in [6.07, 6.45) is 0. The molecular formula is C5H13O2S-. The molecule has 0 radical (unpaired) electrons. The van der Waals surface area contributed by atoms with Crippen molar-refractivity contribution in [3.63, 3.8) is 0 Å². The fraction of sp³-hybridized carbons (Fsp3) is 1.00. The third-order valence-corrected chi connectivity index (χ3v) is 1.50. The normalized spacial score (nSPS) is 14.5. The smallest absolute Gasteiger partial charge is 0.0243 e. The minimum atomic E-state index is -1.93. The van der Waals surface area contributed by atoms with E-state index in [0.29, 0.717) is 0 Å². The molecule has 0 aliphatic heterocycles. The summed E-state index contributed by atoms with van der Waals surface area (Å²) >= 11 is -1.93. The Kier molecular flexibility index (Phi) is 4.39. The first kappa shape index (κ1) is 11.0. The summed E-state index contributed by atoms with van der Waals surface area (Å²) in [5.74, 6) is 0. The zero-order valence-corrected chi connectivity index (χ0v) is 5.54. The predicted octanol–water partition coefficient (Wildman–Crippen LogP) is 1.30. The van der Waals surface area contributed by atoms with Crippen LogP contribution in [0, 0.1) is 0 Å². The van der Waals surface area contributed by atoms with Crippen molar-refractivity contribution in [2.45, 2.75) is 32.9 Å². The zero-order chi connectivity index (χ0) is 6.08. The molecule has 0 aromatic carbocycles. The van der Waals surface area contributed by atoms with Gasteiger partial charge in [0.15, 0.2) is 0 Å². The van der Waals surface area contributed by atoms with E-state index in [2.05, 4.69) is 0 Å². The Balaban J connectivity index is 0. The van der Waals surface area contributed by atoms with Crippen LogP contribution in [-0.2, 0) is 11.1 Å². The highest BCUT2D eigenvalue weighted by atomic mass is 32.2. The van der Waals surface area contributed by atoms with Gasteiger partial charge >= 0.3 is 0 Å². The highest BCUT2D eigenvalue weighted by molar-refractivity contribution is 7.80. The van der Waals surface area contributed by atoms with Gasteiger partial charge in [0.2, 0.25) is 0 Å². The van der Waals surface area contributed by atoms with Crippen LogP contribution in [0.2, 0.25) is 0 Å². The molecule has 0 aromatic rings. The lowest BCUT2D eigenvalue weighted by molar-refractivity contribution is 0.505. The highest BCUT2D eigenvalue weighted by Crippen LogP contribution is 2.06. The van der Waals surface area contributed by atoms with E-state index in [1.54, 1.807) is 20.8 Å². The number of hydrogen-bond acceptors (Lipinski definition) is 2. The summed E-state index contributed by atoms with van der Waals surface area (Å²) in [7, 11) is 0. The van der Waals surface area contributed by atoms with Gasteiger partial charge < -0.3 is 4.55 Å². The molecule has 0 heterocycles. The van der Waals surface area contributed by atoms with Gasteiger partial charge in [0.05, 0.1) is 0 Å². The first-order valence-corrected chi connectivity index (χ1v) is 3.11. The fourth-order valence-corrected chi connectivity index (χ4v) is 0. The Morgan fingerprint density at radius 2 is 1.50 bits per heavy atom. The molecule has 0 rings (SSSR count). The maximum Gasteiger partial charge on any atom is 0.0243 e. The average molecular weight is 137 g/mol. The molecule has 52 valence electrons. The molecule has 0 N–H and O–H groups in total. The van der Waals surface area contributed by atoms with E-state index in [0.717, 1.165) is 0 Å². The average Bonchev–Trinajstić information content (AvgIpc) is 1.31. The zero-order valence-electron chi connectivity index (χ0n) is 4.72. The Bertz CT molecular complexity index is 82.9. The molecule has 0 bridgehead atoms. The summed E-state index contributed by atoms with van der Waals surface area (Å²) in [4.78, 5) is 0. The molecule has 3 heteroatoms. The molecule has 0 aliphatic rings. The van der Waals surface area contributed by atoms with Crippen LogP contribution >= 0.6 is 0 Å². The van der Waals surface area contributed by atoms with Crippen LogP contribution in [0.15, 0.2) is 0 Å². The van der Waals surface area contributed by atoms with E-state index in [4.69, 9.17) is 0 Å². The third-order valence-electron chi connectivity index (χ3n) is 0.500. The molecule has 1 atom stereocenters. The summed E-state index contributed by atoms with van der Waals surface area (Å²) in [6.45, 7) is 4.95. The second-order valence-corrected chi connectivity index (χ2v) is 4.04. The molecular weight excluding hydrogens is 124 g/mol. The van der Waals surface area contributed by atoms with Crippen LogP contribution in [0.3, 0.4) is 0 Å².